The van der Waals surface area contributed by atoms with Crippen molar-refractivity contribution < 1.29 is 14.0 Å². The minimum atomic E-state index is -0.452. The van der Waals surface area contributed by atoms with Gasteiger partial charge in [0.15, 0.2) is 0 Å². The van der Waals surface area contributed by atoms with Crippen LogP contribution in [0.15, 0.2) is 54.7 Å². The summed E-state index contributed by atoms with van der Waals surface area (Å²) in [5.41, 5.74) is 2.96. The number of hydrogen-bond donors (Lipinski definition) is 1. The topological polar surface area (TPSA) is 80.1 Å². The first-order chi connectivity index (χ1) is 14.0. The molecule has 1 fully saturated rings. The Morgan fingerprint density at radius 3 is 2.76 bits per heavy atom. The number of pyridine rings is 1. The number of halogens is 1. The molecule has 1 aliphatic heterocycles. The standard InChI is InChI=1S/C21H20FN5O2/c1-26-19(18-4-2-3-9-23-18)11-16(25-26)12-24-21(29)14-10-20(28)27(13-14)17-7-5-15(22)6-8-17/h2-9,11,14H,10,12-13H2,1H3,(H,24,29). The molecule has 0 aliphatic carbocycles. The first-order valence-corrected chi connectivity index (χ1v) is 9.29. The fraction of sp³-hybridized carbons (Fsp3) is 0.238. The van der Waals surface area contributed by atoms with E-state index < -0.39 is 5.92 Å². The number of hydrogen-bond acceptors (Lipinski definition) is 4. The molecule has 1 aliphatic rings. The van der Waals surface area contributed by atoms with Crippen molar-refractivity contribution in [3.63, 3.8) is 0 Å². The first-order valence-electron chi connectivity index (χ1n) is 9.29. The van der Waals surface area contributed by atoms with E-state index in [0.717, 1.165) is 11.4 Å². The maximum Gasteiger partial charge on any atom is 0.227 e. The van der Waals surface area contributed by atoms with Crippen LogP contribution in [0.4, 0.5) is 10.1 Å². The third kappa shape index (κ3) is 4.01. The molecule has 0 spiro atoms. The lowest BCUT2D eigenvalue weighted by Gasteiger charge is -2.16. The van der Waals surface area contributed by atoms with Gasteiger partial charge in [-0.05, 0) is 42.5 Å². The van der Waals surface area contributed by atoms with Gasteiger partial charge >= 0.3 is 0 Å². The molecule has 0 radical (unpaired) electrons. The summed E-state index contributed by atoms with van der Waals surface area (Å²) in [5.74, 6) is -1.17. The van der Waals surface area contributed by atoms with Crippen molar-refractivity contribution in [1.29, 1.82) is 0 Å². The molecule has 0 saturated carbocycles. The Labute approximate surface area is 167 Å². The second-order valence-corrected chi connectivity index (χ2v) is 6.96. The monoisotopic (exact) mass is 393 g/mol. The maximum absolute atomic E-state index is 13.1. The highest BCUT2D eigenvalue weighted by molar-refractivity contribution is 6.00. The summed E-state index contributed by atoms with van der Waals surface area (Å²) in [5, 5.41) is 7.28. The van der Waals surface area contributed by atoms with E-state index in [-0.39, 0.29) is 37.1 Å². The Morgan fingerprint density at radius 2 is 2.03 bits per heavy atom. The summed E-state index contributed by atoms with van der Waals surface area (Å²) >= 11 is 0. The van der Waals surface area contributed by atoms with Crippen molar-refractivity contribution in [3.8, 4) is 11.4 Å². The summed E-state index contributed by atoms with van der Waals surface area (Å²) in [4.78, 5) is 30.7. The van der Waals surface area contributed by atoms with Crippen LogP contribution in [0, 0.1) is 11.7 Å². The number of carbonyl (C=O) groups excluding carboxylic acids is 2. The Kier molecular flexibility index (Phi) is 5.07. The minimum absolute atomic E-state index is 0.130. The normalized spacial score (nSPS) is 16.3. The molecule has 3 aromatic rings. The molecule has 148 valence electrons. The average molecular weight is 393 g/mol. The van der Waals surface area contributed by atoms with Crippen molar-refractivity contribution >= 4 is 17.5 Å². The summed E-state index contributed by atoms with van der Waals surface area (Å²) in [7, 11) is 1.82. The molecule has 1 N–H and O–H groups in total. The lowest BCUT2D eigenvalue weighted by atomic mass is 10.1. The minimum Gasteiger partial charge on any atom is -0.350 e. The zero-order chi connectivity index (χ0) is 20.4. The highest BCUT2D eigenvalue weighted by atomic mass is 19.1. The lowest BCUT2D eigenvalue weighted by Crippen LogP contribution is -2.32. The van der Waals surface area contributed by atoms with E-state index in [1.807, 2.05) is 31.3 Å². The summed E-state index contributed by atoms with van der Waals surface area (Å²) in [6, 6.07) is 13.2. The van der Waals surface area contributed by atoms with Gasteiger partial charge in [0.05, 0.1) is 29.5 Å². The molecule has 1 aromatic carbocycles. The van der Waals surface area contributed by atoms with Crippen LogP contribution < -0.4 is 10.2 Å². The third-order valence-corrected chi connectivity index (χ3v) is 4.94. The van der Waals surface area contributed by atoms with Gasteiger partial charge in [0.25, 0.3) is 0 Å². The van der Waals surface area contributed by atoms with E-state index in [1.54, 1.807) is 23.0 Å². The van der Waals surface area contributed by atoms with Gasteiger partial charge < -0.3 is 10.2 Å². The Balaban J connectivity index is 1.38. The van der Waals surface area contributed by atoms with E-state index >= 15 is 0 Å². The van der Waals surface area contributed by atoms with Gasteiger partial charge in [-0.3, -0.25) is 19.3 Å². The van der Waals surface area contributed by atoms with Crippen molar-refractivity contribution in [3.05, 3.63) is 66.2 Å². The zero-order valence-electron chi connectivity index (χ0n) is 15.9. The third-order valence-electron chi connectivity index (χ3n) is 4.94. The number of aromatic nitrogens is 3. The van der Waals surface area contributed by atoms with E-state index in [4.69, 9.17) is 0 Å². The summed E-state index contributed by atoms with van der Waals surface area (Å²) in [6.07, 6.45) is 1.85. The van der Waals surface area contributed by atoms with E-state index in [0.29, 0.717) is 11.4 Å². The Bertz CT molecular complexity index is 1030. The largest absolute Gasteiger partial charge is 0.350 e. The van der Waals surface area contributed by atoms with Crippen LogP contribution in [-0.4, -0.2) is 33.1 Å². The van der Waals surface area contributed by atoms with E-state index in [2.05, 4.69) is 15.4 Å². The van der Waals surface area contributed by atoms with Crippen molar-refractivity contribution in [2.75, 3.05) is 11.4 Å². The van der Waals surface area contributed by atoms with Gasteiger partial charge in [-0.25, -0.2) is 4.39 Å². The molecule has 4 rings (SSSR count). The summed E-state index contributed by atoms with van der Waals surface area (Å²) in [6.45, 7) is 0.540. The van der Waals surface area contributed by atoms with Crippen LogP contribution in [0.25, 0.3) is 11.4 Å². The highest BCUT2D eigenvalue weighted by Crippen LogP contribution is 2.25. The SMILES string of the molecule is Cn1nc(CNC(=O)C2CC(=O)N(c3ccc(F)cc3)C2)cc1-c1ccccn1. The van der Waals surface area contributed by atoms with Gasteiger partial charge in [-0.2, -0.15) is 5.10 Å². The number of rotatable bonds is 5. The highest BCUT2D eigenvalue weighted by Gasteiger charge is 2.35. The molecule has 29 heavy (non-hydrogen) atoms. The molecule has 1 atom stereocenters. The fourth-order valence-electron chi connectivity index (χ4n) is 3.44. The number of benzene rings is 1. The number of nitrogens with zero attached hydrogens (tertiary/aromatic N) is 4. The average Bonchev–Trinajstić information content (AvgIpc) is 3.30. The van der Waals surface area contributed by atoms with Crippen LogP contribution in [0.3, 0.4) is 0 Å². The second kappa shape index (κ2) is 7.83. The smallest absolute Gasteiger partial charge is 0.227 e. The number of aryl methyl sites for hydroxylation is 1. The van der Waals surface area contributed by atoms with E-state index in [1.165, 1.54) is 17.0 Å². The van der Waals surface area contributed by atoms with Gasteiger partial charge in [0, 0.05) is 31.9 Å². The molecular weight excluding hydrogens is 373 g/mol. The quantitative estimate of drug-likeness (QED) is 0.721. The molecule has 3 heterocycles. The van der Waals surface area contributed by atoms with E-state index in [9.17, 15) is 14.0 Å². The number of nitrogens with one attached hydrogen (secondary N) is 1. The molecule has 1 unspecified atom stereocenters. The molecule has 8 heteroatoms. The van der Waals surface area contributed by atoms with Crippen molar-refractivity contribution in [2.24, 2.45) is 13.0 Å². The van der Waals surface area contributed by atoms with Gasteiger partial charge in [0.1, 0.15) is 5.82 Å². The molecule has 2 amide bonds. The van der Waals surface area contributed by atoms with Crippen LogP contribution in [-0.2, 0) is 23.2 Å². The van der Waals surface area contributed by atoms with Crippen molar-refractivity contribution in [2.45, 2.75) is 13.0 Å². The molecule has 2 aromatic heterocycles. The molecule has 7 nitrogen and oxygen atoms in total. The van der Waals surface area contributed by atoms with Gasteiger partial charge in [0.2, 0.25) is 11.8 Å². The fourth-order valence-corrected chi connectivity index (χ4v) is 3.44. The van der Waals surface area contributed by atoms with Crippen LogP contribution in [0.1, 0.15) is 12.1 Å². The molecule has 1 saturated heterocycles. The Morgan fingerprint density at radius 1 is 1.24 bits per heavy atom. The van der Waals surface area contributed by atoms with Crippen molar-refractivity contribution in [1.82, 2.24) is 20.1 Å². The van der Waals surface area contributed by atoms with Crippen LogP contribution in [0.2, 0.25) is 0 Å². The summed E-state index contributed by atoms with van der Waals surface area (Å²) < 4.78 is 14.8. The first kappa shape index (κ1) is 18.8. The predicted octanol–water partition coefficient (Wildman–Crippen LogP) is 2.29. The number of carbonyl (C=O) groups is 2. The number of anilines is 1. The van der Waals surface area contributed by atoms with Crippen LogP contribution >= 0.6 is 0 Å². The van der Waals surface area contributed by atoms with Gasteiger partial charge in [-0.1, -0.05) is 6.07 Å². The van der Waals surface area contributed by atoms with Crippen LogP contribution in [0.5, 0.6) is 0 Å². The Hall–Kier alpha value is -3.55. The zero-order valence-corrected chi connectivity index (χ0v) is 15.9. The second-order valence-electron chi connectivity index (χ2n) is 6.96. The van der Waals surface area contributed by atoms with Gasteiger partial charge in [-0.15, -0.1) is 0 Å². The molecule has 0 bridgehead atoms. The predicted molar refractivity (Wildman–Crippen MR) is 105 cm³/mol. The molecular formula is C21H20FN5O2. The lowest BCUT2D eigenvalue weighted by molar-refractivity contribution is -0.126. The number of amides is 2. The maximum atomic E-state index is 13.1.